The Hall–Kier alpha value is -2.36. The smallest absolute Gasteiger partial charge is 0.248 e. The summed E-state index contributed by atoms with van der Waals surface area (Å²) in [4.78, 5) is 11.1. The Bertz CT molecular complexity index is 668. The molecule has 0 heterocycles. The number of halogens is 1. The third-order valence-corrected chi connectivity index (χ3v) is 4.09. The van der Waals surface area contributed by atoms with Gasteiger partial charge in [-0.05, 0) is 54.3 Å². The van der Waals surface area contributed by atoms with Crippen LogP contribution in [0.1, 0.15) is 54.1 Å². The van der Waals surface area contributed by atoms with Crippen molar-refractivity contribution in [1.29, 1.82) is 0 Å². The average Bonchev–Trinajstić information content (AvgIpc) is 2.58. The van der Waals surface area contributed by atoms with Crippen molar-refractivity contribution in [2.75, 3.05) is 5.32 Å². The molecule has 0 aliphatic carbocycles. The van der Waals surface area contributed by atoms with E-state index in [4.69, 9.17) is 5.73 Å². The number of amides is 1. The Balaban J connectivity index is 1.99. The van der Waals surface area contributed by atoms with Crippen molar-refractivity contribution in [1.82, 2.24) is 0 Å². The molecular weight excluding hydrogens is 303 g/mol. The monoisotopic (exact) mass is 328 g/mol. The van der Waals surface area contributed by atoms with Gasteiger partial charge in [0.2, 0.25) is 5.91 Å². The van der Waals surface area contributed by atoms with Crippen molar-refractivity contribution < 1.29 is 9.18 Å². The van der Waals surface area contributed by atoms with Crippen LogP contribution in [0.2, 0.25) is 0 Å². The van der Waals surface area contributed by atoms with Crippen LogP contribution in [0.4, 0.5) is 10.1 Å². The summed E-state index contributed by atoms with van der Waals surface area (Å²) in [5.41, 5.74) is 8.76. The Morgan fingerprint density at radius 3 is 2.50 bits per heavy atom. The summed E-state index contributed by atoms with van der Waals surface area (Å²) in [5, 5.41) is 3.36. The van der Waals surface area contributed by atoms with Crippen molar-refractivity contribution in [3.05, 3.63) is 65.0 Å². The van der Waals surface area contributed by atoms with E-state index in [9.17, 15) is 9.18 Å². The molecule has 0 aliphatic heterocycles. The normalized spacial score (nSPS) is 10.6. The van der Waals surface area contributed by atoms with Crippen LogP contribution in [0.5, 0.6) is 0 Å². The Morgan fingerprint density at radius 1 is 1.08 bits per heavy atom. The number of unbranched alkanes of at least 4 members (excludes halogenated alkanes) is 3. The number of carbonyl (C=O) groups is 1. The van der Waals surface area contributed by atoms with Gasteiger partial charge in [-0.3, -0.25) is 4.79 Å². The van der Waals surface area contributed by atoms with Crippen LogP contribution in [0, 0.1) is 5.82 Å². The van der Waals surface area contributed by atoms with Crippen molar-refractivity contribution >= 4 is 11.6 Å². The molecular formula is C20H25FN2O. The summed E-state index contributed by atoms with van der Waals surface area (Å²) in [7, 11) is 0. The van der Waals surface area contributed by atoms with E-state index in [1.807, 2.05) is 12.1 Å². The molecule has 0 aromatic heterocycles. The zero-order chi connectivity index (χ0) is 17.4. The number of rotatable bonds is 9. The highest BCUT2D eigenvalue weighted by Gasteiger charge is 2.05. The number of nitrogens with two attached hydrogens (primary N) is 1. The minimum absolute atomic E-state index is 0.197. The average molecular weight is 328 g/mol. The van der Waals surface area contributed by atoms with Gasteiger partial charge in [0.05, 0.1) is 0 Å². The van der Waals surface area contributed by atoms with Crippen LogP contribution in [-0.2, 0) is 13.0 Å². The Labute approximate surface area is 143 Å². The van der Waals surface area contributed by atoms with Crippen LogP contribution in [0.25, 0.3) is 0 Å². The van der Waals surface area contributed by atoms with Gasteiger partial charge < -0.3 is 11.1 Å². The number of anilines is 1. The molecule has 0 saturated carbocycles. The second-order valence-electron chi connectivity index (χ2n) is 6.03. The molecule has 4 heteroatoms. The number of nitrogens with one attached hydrogen (secondary N) is 1. The fourth-order valence-corrected chi connectivity index (χ4v) is 2.67. The summed E-state index contributed by atoms with van der Waals surface area (Å²) < 4.78 is 13.5. The molecule has 0 atom stereocenters. The minimum atomic E-state index is -0.428. The molecule has 0 aliphatic rings. The van der Waals surface area contributed by atoms with E-state index in [1.165, 1.54) is 25.3 Å². The van der Waals surface area contributed by atoms with E-state index in [1.54, 1.807) is 24.3 Å². The SMILES string of the molecule is CCCCCCc1cc(F)ccc1NCc1ccc(C(N)=O)cc1. The molecule has 3 N–H and O–H groups in total. The van der Waals surface area contributed by atoms with E-state index in [0.717, 1.165) is 29.7 Å². The maximum Gasteiger partial charge on any atom is 0.248 e. The van der Waals surface area contributed by atoms with E-state index in [2.05, 4.69) is 12.2 Å². The standard InChI is InChI=1S/C20H25FN2O/c1-2-3-4-5-6-17-13-18(21)11-12-19(17)23-14-15-7-9-16(10-8-15)20(22)24/h7-13,23H,2-6,14H2,1H3,(H2,22,24). The second-order valence-corrected chi connectivity index (χ2v) is 6.03. The molecule has 3 nitrogen and oxygen atoms in total. The molecule has 1 amide bonds. The second kappa shape index (κ2) is 9.06. The Kier molecular flexibility index (Phi) is 6.79. The predicted octanol–water partition coefficient (Wildman–Crippen LogP) is 4.66. The zero-order valence-electron chi connectivity index (χ0n) is 14.1. The van der Waals surface area contributed by atoms with Crippen LogP contribution >= 0.6 is 0 Å². The van der Waals surface area contributed by atoms with E-state index < -0.39 is 5.91 Å². The molecule has 24 heavy (non-hydrogen) atoms. The molecule has 2 rings (SSSR count). The maximum atomic E-state index is 13.5. The summed E-state index contributed by atoms with van der Waals surface area (Å²) in [6.45, 7) is 2.80. The van der Waals surface area contributed by atoms with Gasteiger partial charge in [-0.25, -0.2) is 4.39 Å². The number of primary amides is 1. The fraction of sp³-hybridized carbons (Fsp3) is 0.350. The topological polar surface area (TPSA) is 55.1 Å². The molecule has 2 aromatic carbocycles. The van der Waals surface area contributed by atoms with Crippen molar-refractivity contribution in [2.24, 2.45) is 5.73 Å². The molecule has 0 unspecified atom stereocenters. The molecule has 0 saturated heterocycles. The molecule has 128 valence electrons. The summed E-state index contributed by atoms with van der Waals surface area (Å²) in [5.74, 6) is -0.626. The number of hydrogen-bond donors (Lipinski definition) is 2. The van der Waals surface area contributed by atoms with Gasteiger partial charge in [0.25, 0.3) is 0 Å². The molecule has 0 radical (unpaired) electrons. The third-order valence-electron chi connectivity index (χ3n) is 4.09. The molecule has 0 spiro atoms. The summed E-state index contributed by atoms with van der Waals surface area (Å²) in [6.07, 6.45) is 5.51. The first kappa shape index (κ1) is 18.0. The first-order valence-corrected chi connectivity index (χ1v) is 8.51. The highest BCUT2D eigenvalue weighted by Crippen LogP contribution is 2.21. The van der Waals surface area contributed by atoms with Crippen LogP contribution in [0.15, 0.2) is 42.5 Å². The summed E-state index contributed by atoms with van der Waals surface area (Å²) >= 11 is 0. The van der Waals surface area contributed by atoms with Gasteiger partial charge in [-0.1, -0.05) is 38.3 Å². The van der Waals surface area contributed by atoms with E-state index in [-0.39, 0.29) is 5.82 Å². The van der Waals surface area contributed by atoms with Gasteiger partial charge >= 0.3 is 0 Å². The lowest BCUT2D eigenvalue weighted by Gasteiger charge is -2.13. The number of carbonyl (C=O) groups excluding carboxylic acids is 1. The lowest BCUT2D eigenvalue weighted by atomic mass is 10.0. The molecule has 0 fully saturated rings. The highest BCUT2D eigenvalue weighted by molar-refractivity contribution is 5.92. The van der Waals surface area contributed by atoms with E-state index in [0.29, 0.717) is 12.1 Å². The molecule has 2 aromatic rings. The van der Waals surface area contributed by atoms with Crippen molar-refractivity contribution in [3.63, 3.8) is 0 Å². The van der Waals surface area contributed by atoms with Crippen molar-refractivity contribution in [3.8, 4) is 0 Å². The first-order chi connectivity index (χ1) is 11.6. The largest absolute Gasteiger partial charge is 0.381 e. The number of hydrogen-bond acceptors (Lipinski definition) is 2. The lowest BCUT2D eigenvalue weighted by Crippen LogP contribution is -2.11. The van der Waals surface area contributed by atoms with Gasteiger partial charge in [-0.15, -0.1) is 0 Å². The van der Waals surface area contributed by atoms with Gasteiger partial charge in [0.15, 0.2) is 0 Å². The van der Waals surface area contributed by atoms with Gasteiger partial charge in [0.1, 0.15) is 5.82 Å². The van der Waals surface area contributed by atoms with Crippen molar-refractivity contribution in [2.45, 2.75) is 45.6 Å². The Morgan fingerprint density at radius 2 is 1.83 bits per heavy atom. The van der Waals surface area contributed by atoms with Gasteiger partial charge in [-0.2, -0.15) is 0 Å². The third kappa shape index (κ3) is 5.37. The fourth-order valence-electron chi connectivity index (χ4n) is 2.67. The van der Waals surface area contributed by atoms with Crippen LogP contribution in [-0.4, -0.2) is 5.91 Å². The van der Waals surface area contributed by atoms with Gasteiger partial charge in [0, 0.05) is 17.8 Å². The number of benzene rings is 2. The maximum absolute atomic E-state index is 13.5. The van der Waals surface area contributed by atoms with Crippen LogP contribution < -0.4 is 11.1 Å². The zero-order valence-corrected chi connectivity index (χ0v) is 14.1. The number of aryl methyl sites for hydroxylation is 1. The highest BCUT2D eigenvalue weighted by atomic mass is 19.1. The predicted molar refractivity (Wildman–Crippen MR) is 96.5 cm³/mol. The minimum Gasteiger partial charge on any atom is -0.381 e. The quantitative estimate of drug-likeness (QED) is 0.658. The van der Waals surface area contributed by atoms with E-state index >= 15 is 0 Å². The van der Waals surface area contributed by atoms with Crippen LogP contribution in [0.3, 0.4) is 0 Å². The molecule has 0 bridgehead atoms. The lowest BCUT2D eigenvalue weighted by molar-refractivity contribution is 0.100. The first-order valence-electron chi connectivity index (χ1n) is 8.51. The summed E-state index contributed by atoms with van der Waals surface area (Å²) in [6, 6.07) is 12.1.